The third-order valence-corrected chi connectivity index (χ3v) is 24.6. The molecule has 0 saturated carbocycles. The van der Waals surface area contributed by atoms with Crippen LogP contribution in [0.15, 0.2) is 168 Å². The molecule has 0 amide bonds. The first-order chi connectivity index (χ1) is 46.5. The smallest absolute Gasteiger partial charge is 0.147 e. The largest absolute Gasteiger partial charge is 0.463 e. The molecular weight excluding hydrogens is 1310 g/mol. The summed E-state index contributed by atoms with van der Waals surface area (Å²) in [5.74, 6) is 5.30. The van der Waals surface area contributed by atoms with Gasteiger partial charge in [-0.3, -0.25) is 0 Å². The lowest BCUT2D eigenvalue weighted by atomic mass is 10.1. The summed E-state index contributed by atoms with van der Waals surface area (Å²) < 4.78 is 5.30. The van der Waals surface area contributed by atoms with Crippen LogP contribution in [0.1, 0.15) is 114 Å². The first kappa shape index (κ1) is 72.2. The van der Waals surface area contributed by atoms with E-state index in [0.29, 0.717) is 23.6 Å². The number of nitrogens with zero attached hydrogens (tertiary/aromatic N) is 6. The minimum absolute atomic E-state index is 0.536. The quantitative estimate of drug-likeness (QED) is 0.0290. The Kier molecular flexibility index (Phi) is 28.9. The van der Waals surface area contributed by atoms with Crippen LogP contribution in [0.3, 0.4) is 0 Å². The molecule has 4 N–H and O–H groups in total. The zero-order valence-electron chi connectivity index (χ0n) is 56.3. The SMILES string of the molecule is CCCCCN1CCSc2cc(CC(=N)c3cccs3)ccc21.CCCCN1CCSc2cc(CC(=N)c3ccco3)ccc21.CN(C)CCCN1CCSc2cc(CC(=N)c3cccs3)ccc21.N=C(Cc1ccc2c(c1)SCCN2CCCN1CCCC1)c1cccs1. The standard InChI is InChI=1S/C21H27N3S2.C19H25N3S2.C19H24N2S2.C18H22N2OS/c22-18(20-5-3-13-25-20)15-17-6-7-19-21(16-17)26-14-12-24(19)11-4-10-23-8-1-2-9-23;1-21(2)8-4-9-22-10-12-24-19-14-15(6-7-17(19)22)13-16(20)18-5-3-11-23-18;1-2-3-4-9-21-10-12-23-19-14-15(7-8-17(19)21)13-16(20)18-6-5-11-22-18;1-2-3-8-20-9-11-22-18-13-14(6-7-16(18)20)12-15(19)17-5-4-10-21-17/h3,5-7,13,16,22H,1-2,4,8-12,14-15H2;3,5-7,11,14,20H,4,8-10,12-13H2,1-2H3;5-8,11,14,20H,2-4,9-10,12-13H2,1H3;4-7,10,13,19H,2-3,8-9,11-12H2,1H3. The highest BCUT2D eigenvalue weighted by molar-refractivity contribution is 8.00. The first-order valence-electron chi connectivity index (χ1n) is 34.3. The molecule has 5 aliphatic heterocycles. The molecule has 1 saturated heterocycles. The Balaban J connectivity index is 0.000000138. The van der Waals surface area contributed by atoms with Crippen molar-refractivity contribution >= 4 is 127 Å². The number of likely N-dealkylation sites (tertiary alicyclic amines) is 1. The second-order valence-corrected chi connectivity index (χ2v) is 32.6. The third-order valence-electron chi connectivity index (χ3n) is 17.7. The summed E-state index contributed by atoms with van der Waals surface area (Å²) in [6, 6.07) is 42.8. The highest BCUT2D eigenvalue weighted by atomic mass is 32.2. The monoisotopic (exact) mass is 1400 g/mol. The minimum Gasteiger partial charge on any atom is -0.463 e. The summed E-state index contributed by atoms with van der Waals surface area (Å²) >= 11 is 12.8. The van der Waals surface area contributed by atoms with Crippen molar-refractivity contribution in [3.05, 3.63) is 186 Å². The number of thiophene rings is 3. The van der Waals surface area contributed by atoms with Gasteiger partial charge >= 0.3 is 0 Å². The Morgan fingerprint density at radius 2 is 0.789 bits per heavy atom. The maximum absolute atomic E-state index is 8.32. The van der Waals surface area contributed by atoms with E-state index < -0.39 is 0 Å². The molecule has 0 aliphatic carbocycles. The number of fused-ring (bicyclic) bond motifs is 4. The maximum Gasteiger partial charge on any atom is 0.147 e. The molecule has 504 valence electrons. The van der Waals surface area contributed by atoms with E-state index in [-0.39, 0.29) is 0 Å². The van der Waals surface area contributed by atoms with Crippen LogP contribution in [0.5, 0.6) is 0 Å². The highest BCUT2D eigenvalue weighted by Crippen LogP contribution is 2.40. The van der Waals surface area contributed by atoms with Gasteiger partial charge in [-0.15, -0.1) is 81.1 Å². The Bertz CT molecular complexity index is 3660. The summed E-state index contributed by atoms with van der Waals surface area (Å²) in [4.78, 5) is 23.7. The van der Waals surface area contributed by atoms with Gasteiger partial charge < -0.3 is 55.5 Å². The van der Waals surface area contributed by atoms with Crippen LogP contribution in [0.4, 0.5) is 22.7 Å². The fourth-order valence-corrected chi connectivity index (χ4v) is 19.1. The lowest BCUT2D eigenvalue weighted by Crippen LogP contribution is -2.32. The number of unbranched alkanes of at least 4 members (excludes halogenated alkanes) is 3. The van der Waals surface area contributed by atoms with Gasteiger partial charge in [0.25, 0.3) is 0 Å². The average Bonchev–Trinajstić information content (AvgIpc) is 1.78. The second-order valence-electron chi connectivity index (χ2n) is 25.2. The van der Waals surface area contributed by atoms with Crippen LogP contribution in [0.2, 0.25) is 0 Å². The fourth-order valence-electron chi connectivity index (χ4n) is 12.6. The molecule has 4 aromatic carbocycles. The van der Waals surface area contributed by atoms with Gasteiger partial charge in [0, 0.05) is 135 Å². The summed E-state index contributed by atoms with van der Waals surface area (Å²) in [7, 11) is 4.27. The molecule has 13 rings (SSSR count). The number of nitrogens with one attached hydrogen (secondary N) is 4. The molecule has 1 fully saturated rings. The van der Waals surface area contributed by atoms with E-state index in [1.54, 1.807) is 40.3 Å². The minimum atomic E-state index is 0.536. The summed E-state index contributed by atoms with van der Waals surface area (Å²) in [5, 5.41) is 39.2. The molecule has 18 heteroatoms. The Morgan fingerprint density at radius 1 is 0.411 bits per heavy atom. The number of furan rings is 1. The molecule has 0 bridgehead atoms. The average molecular weight is 1400 g/mol. The Labute approximate surface area is 596 Å². The topological polar surface area (TPSA) is 128 Å². The van der Waals surface area contributed by atoms with Crippen molar-refractivity contribution in [1.29, 1.82) is 21.6 Å². The summed E-state index contributed by atoms with van der Waals surface area (Å²) in [5.41, 5.74) is 13.2. The molecular formula is C77H98N10OS7. The van der Waals surface area contributed by atoms with Crippen molar-refractivity contribution in [2.45, 2.75) is 117 Å². The van der Waals surface area contributed by atoms with E-state index in [2.05, 4.69) is 130 Å². The van der Waals surface area contributed by atoms with Gasteiger partial charge in [-0.05, 0) is 196 Å². The van der Waals surface area contributed by atoms with Gasteiger partial charge in [0.15, 0.2) is 0 Å². The van der Waals surface area contributed by atoms with E-state index >= 15 is 0 Å². The predicted octanol–water partition coefficient (Wildman–Crippen LogP) is 19.0. The second kappa shape index (κ2) is 38.0. The van der Waals surface area contributed by atoms with Gasteiger partial charge in [0.05, 0.1) is 51.9 Å². The van der Waals surface area contributed by atoms with Crippen molar-refractivity contribution in [1.82, 2.24) is 9.80 Å². The van der Waals surface area contributed by atoms with E-state index in [9.17, 15) is 0 Å². The van der Waals surface area contributed by atoms with Crippen LogP contribution in [-0.4, -0.2) is 148 Å². The summed E-state index contributed by atoms with van der Waals surface area (Å²) in [6.07, 6.45) is 16.0. The molecule has 0 atom stereocenters. The zero-order valence-corrected chi connectivity index (χ0v) is 62.0. The molecule has 4 aromatic heterocycles. The molecule has 0 spiro atoms. The van der Waals surface area contributed by atoms with Crippen LogP contribution < -0.4 is 19.6 Å². The van der Waals surface area contributed by atoms with Crippen molar-refractivity contribution in [2.75, 3.05) is 135 Å². The lowest BCUT2D eigenvalue weighted by molar-refractivity contribution is 0.334. The lowest BCUT2D eigenvalue weighted by Gasteiger charge is -2.31. The van der Waals surface area contributed by atoms with Gasteiger partial charge in [-0.25, -0.2) is 0 Å². The Hall–Kier alpha value is -5.54. The number of thioether (sulfide) groups is 4. The van der Waals surface area contributed by atoms with Gasteiger partial charge in [-0.2, -0.15) is 0 Å². The van der Waals surface area contributed by atoms with Crippen molar-refractivity contribution < 1.29 is 4.42 Å². The normalized spacial score (nSPS) is 14.9. The van der Waals surface area contributed by atoms with Crippen LogP contribution in [0.25, 0.3) is 0 Å². The Morgan fingerprint density at radius 3 is 1.15 bits per heavy atom. The fraction of sp³-hybridized carbons (Fsp3) is 0.429. The van der Waals surface area contributed by atoms with Crippen LogP contribution in [-0.2, 0) is 25.7 Å². The van der Waals surface area contributed by atoms with Gasteiger partial charge in [-0.1, -0.05) is 75.6 Å². The van der Waals surface area contributed by atoms with E-state index in [1.807, 2.05) is 112 Å². The third kappa shape index (κ3) is 21.7. The molecule has 9 heterocycles. The molecule has 0 radical (unpaired) electrons. The van der Waals surface area contributed by atoms with Crippen molar-refractivity contribution in [3.8, 4) is 0 Å². The molecule has 11 nitrogen and oxygen atoms in total. The number of benzene rings is 4. The molecule has 5 aliphatic rings. The highest BCUT2D eigenvalue weighted by Gasteiger charge is 2.23. The van der Waals surface area contributed by atoms with Gasteiger partial charge in [0.2, 0.25) is 0 Å². The van der Waals surface area contributed by atoms with Gasteiger partial charge in [0.1, 0.15) is 5.76 Å². The zero-order chi connectivity index (χ0) is 66.1. The first-order valence-corrected chi connectivity index (χ1v) is 40.9. The van der Waals surface area contributed by atoms with Crippen LogP contribution in [0, 0.1) is 21.6 Å². The summed E-state index contributed by atoms with van der Waals surface area (Å²) in [6.45, 7) is 18.7. The van der Waals surface area contributed by atoms with E-state index in [4.69, 9.17) is 26.1 Å². The number of anilines is 4. The van der Waals surface area contributed by atoms with Crippen molar-refractivity contribution in [2.24, 2.45) is 0 Å². The van der Waals surface area contributed by atoms with Crippen molar-refractivity contribution in [3.63, 3.8) is 0 Å². The van der Waals surface area contributed by atoms with Crippen LogP contribution >= 0.6 is 81.1 Å². The number of rotatable bonds is 27. The molecule has 8 aromatic rings. The molecule has 0 unspecified atom stereocenters. The number of hydrogen-bond acceptors (Lipinski definition) is 18. The number of hydrogen-bond donors (Lipinski definition) is 4. The molecule has 95 heavy (non-hydrogen) atoms. The van der Waals surface area contributed by atoms with E-state index in [0.717, 1.165) is 109 Å². The predicted molar refractivity (Wildman–Crippen MR) is 419 cm³/mol. The van der Waals surface area contributed by atoms with E-state index in [1.165, 1.54) is 160 Å². The maximum atomic E-state index is 8.32.